The maximum absolute atomic E-state index is 6.29. The third-order valence-corrected chi connectivity index (χ3v) is 5.59. The first kappa shape index (κ1) is 18.1. The summed E-state index contributed by atoms with van der Waals surface area (Å²) in [5.41, 5.74) is 2.19. The molecule has 0 radical (unpaired) electrons. The molecule has 0 fully saturated rings. The van der Waals surface area contributed by atoms with Crippen molar-refractivity contribution in [1.29, 1.82) is 0 Å². The highest BCUT2D eigenvalue weighted by Crippen LogP contribution is 2.41. The molecule has 0 saturated heterocycles. The van der Waals surface area contributed by atoms with Crippen LogP contribution in [-0.2, 0) is 0 Å². The van der Waals surface area contributed by atoms with E-state index in [4.69, 9.17) is 69.6 Å². The van der Waals surface area contributed by atoms with Crippen molar-refractivity contribution in [3.05, 3.63) is 72.6 Å². The van der Waals surface area contributed by atoms with Gasteiger partial charge in [-0.25, -0.2) is 4.98 Å². The molecule has 0 bridgehead atoms. The Morgan fingerprint density at radius 2 is 0.875 bits per heavy atom. The Kier molecular flexibility index (Phi) is 5.51. The van der Waals surface area contributed by atoms with Crippen LogP contribution in [-0.4, -0.2) is 4.98 Å². The van der Waals surface area contributed by atoms with Crippen LogP contribution < -0.4 is 0 Å². The second-order valence-electron chi connectivity index (χ2n) is 4.84. The molecule has 0 aliphatic carbocycles. The molecule has 24 heavy (non-hydrogen) atoms. The molecule has 0 N–H and O–H groups in total. The van der Waals surface area contributed by atoms with E-state index in [1.165, 1.54) is 0 Å². The van der Waals surface area contributed by atoms with Gasteiger partial charge in [0.1, 0.15) is 0 Å². The van der Waals surface area contributed by atoms with E-state index in [1.807, 2.05) is 0 Å². The average Bonchev–Trinajstić information content (AvgIpc) is 2.56. The molecular formula is C17H7Cl6N. The molecule has 122 valence electrons. The van der Waals surface area contributed by atoms with Gasteiger partial charge in [-0.2, -0.15) is 0 Å². The van der Waals surface area contributed by atoms with E-state index in [9.17, 15) is 0 Å². The van der Waals surface area contributed by atoms with Crippen LogP contribution in [0, 0.1) is 0 Å². The fraction of sp³-hybridized carbons (Fsp3) is 0. The molecule has 0 spiro atoms. The molecule has 7 heteroatoms. The maximum atomic E-state index is 6.29. The van der Waals surface area contributed by atoms with Gasteiger partial charge in [0, 0.05) is 11.1 Å². The van der Waals surface area contributed by atoms with Gasteiger partial charge in [0.05, 0.1) is 41.5 Å². The lowest BCUT2D eigenvalue weighted by molar-refractivity contribution is 1.32. The summed E-state index contributed by atoms with van der Waals surface area (Å²) in [6.45, 7) is 0. The summed E-state index contributed by atoms with van der Waals surface area (Å²) in [7, 11) is 0. The summed E-state index contributed by atoms with van der Waals surface area (Å²) in [5.74, 6) is 0. The van der Waals surface area contributed by atoms with Gasteiger partial charge in [0.2, 0.25) is 0 Å². The standard InChI is InChI=1S/C17H7Cl6N/c18-8-4-6-10(20)16(22)14(8)12-2-1-3-13(24-12)15-9(19)5-7-11(21)17(15)23/h1-7H. The molecule has 3 rings (SSSR count). The number of hydrogen-bond donors (Lipinski definition) is 0. The first-order valence-corrected chi connectivity index (χ1v) is 8.91. The van der Waals surface area contributed by atoms with Gasteiger partial charge < -0.3 is 0 Å². The lowest BCUT2D eigenvalue weighted by atomic mass is 10.1. The minimum atomic E-state index is 0.331. The number of halogens is 6. The predicted octanol–water partition coefficient (Wildman–Crippen LogP) is 8.34. The highest BCUT2D eigenvalue weighted by Gasteiger charge is 2.17. The summed E-state index contributed by atoms with van der Waals surface area (Å²) in [4.78, 5) is 4.58. The number of hydrogen-bond acceptors (Lipinski definition) is 1. The Bertz CT molecular complexity index is 866. The fourth-order valence-electron chi connectivity index (χ4n) is 2.24. The van der Waals surface area contributed by atoms with E-state index in [1.54, 1.807) is 42.5 Å². The number of rotatable bonds is 2. The highest BCUT2D eigenvalue weighted by atomic mass is 35.5. The van der Waals surface area contributed by atoms with E-state index in [0.29, 0.717) is 52.7 Å². The Balaban J connectivity index is 2.23. The van der Waals surface area contributed by atoms with Gasteiger partial charge in [-0.3, -0.25) is 0 Å². The van der Waals surface area contributed by atoms with Gasteiger partial charge in [-0.05, 0) is 36.4 Å². The Morgan fingerprint density at radius 1 is 0.500 bits per heavy atom. The molecule has 0 atom stereocenters. The molecule has 0 amide bonds. The molecule has 0 unspecified atom stereocenters. The molecule has 0 aliphatic heterocycles. The maximum Gasteiger partial charge on any atom is 0.0740 e. The fourth-order valence-corrected chi connectivity index (χ4v) is 3.68. The number of benzene rings is 2. The second kappa shape index (κ2) is 7.29. The Morgan fingerprint density at radius 3 is 1.29 bits per heavy atom. The van der Waals surface area contributed by atoms with Crippen LogP contribution in [0.3, 0.4) is 0 Å². The van der Waals surface area contributed by atoms with E-state index in [-0.39, 0.29) is 0 Å². The van der Waals surface area contributed by atoms with Gasteiger partial charge >= 0.3 is 0 Å². The van der Waals surface area contributed by atoms with Gasteiger partial charge in [-0.1, -0.05) is 75.7 Å². The van der Waals surface area contributed by atoms with E-state index >= 15 is 0 Å². The van der Waals surface area contributed by atoms with Crippen molar-refractivity contribution >= 4 is 69.6 Å². The van der Waals surface area contributed by atoms with Crippen LogP contribution in [0.5, 0.6) is 0 Å². The van der Waals surface area contributed by atoms with E-state index in [2.05, 4.69) is 4.98 Å². The van der Waals surface area contributed by atoms with Crippen molar-refractivity contribution in [2.45, 2.75) is 0 Å². The summed E-state index contributed by atoms with van der Waals surface area (Å²) < 4.78 is 0. The van der Waals surface area contributed by atoms with Crippen molar-refractivity contribution in [3.63, 3.8) is 0 Å². The lowest BCUT2D eigenvalue weighted by Gasteiger charge is -2.12. The quantitative estimate of drug-likeness (QED) is 0.367. The monoisotopic (exact) mass is 435 g/mol. The molecule has 0 saturated carbocycles. The van der Waals surface area contributed by atoms with Crippen LogP contribution in [0.2, 0.25) is 30.1 Å². The molecule has 2 aromatic carbocycles. The van der Waals surface area contributed by atoms with Crippen molar-refractivity contribution in [1.82, 2.24) is 4.98 Å². The average molecular weight is 438 g/mol. The molecule has 1 nitrogen and oxygen atoms in total. The van der Waals surface area contributed by atoms with Gasteiger partial charge in [-0.15, -0.1) is 0 Å². The van der Waals surface area contributed by atoms with Crippen LogP contribution in [0.25, 0.3) is 22.5 Å². The van der Waals surface area contributed by atoms with Crippen LogP contribution in [0.1, 0.15) is 0 Å². The predicted molar refractivity (Wildman–Crippen MR) is 105 cm³/mol. The smallest absolute Gasteiger partial charge is 0.0740 e. The first-order valence-electron chi connectivity index (χ1n) is 6.65. The molecule has 1 heterocycles. The number of pyridine rings is 1. The van der Waals surface area contributed by atoms with Crippen LogP contribution >= 0.6 is 69.6 Å². The Labute approximate surface area is 169 Å². The Hall–Kier alpha value is -0.670. The van der Waals surface area contributed by atoms with E-state index < -0.39 is 0 Å². The highest BCUT2D eigenvalue weighted by molar-refractivity contribution is 6.47. The summed E-state index contributed by atoms with van der Waals surface area (Å²) in [6, 6.07) is 11.9. The SMILES string of the molecule is Clc1ccc(Cl)c(-c2cccc(-c3c(Cl)ccc(Cl)c3Cl)n2)c1Cl. The minimum Gasteiger partial charge on any atom is -0.248 e. The molecule has 3 aromatic rings. The van der Waals surface area contributed by atoms with Gasteiger partial charge in [0.25, 0.3) is 0 Å². The zero-order valence-electron chi connectivity index (χ0n) is 11.8. The summed E-state index contributed by atoms with van der Waals surface area (Å²) in [5, 5.41) is 2.33. The number of aromatic nitrogens is 1. The van der Waals surface area contributed by atoms with Crippen molar-refractivity contribution < 1.29 is 0 Å². The summed E-state index contributed by atoms with van der Waals surface area (Å²) in [6.07, 6.45) is 0. The van der Waals surface area contributed by atoms with Gasteiger partial charge in [0.15, 0.2) is 0 Å². The molecular weight excluding hydrogens is 431 g/mol. The van der Waals surface area contributed by atoms with Crippen molar-refractivity contribution in [3.8, 4) is 22.5 Å². The molecule has 0 aliphatic rings. The van der Waals surface area contributed by atoms with Crippen LogP contribution in [0.15, 0.2) is 42.5 Å². The zero-order valence-corrected chi connectivity index (χ0v) is 16.3. The van der Waals surface area contributed by atoms with Crippen LogP contribution in [0.4, 0.5) is 0 Å². The normalized spacial score (nSPS) is 10.9. The number of nitrogens with zero attached hydrogens (tertiary/aromatic N) is 1. The van der Waals surface area contributed by atoms with Crippen molar-refractivity contribution in [2.24, 2.45) is 0 Å². The topological polar surface area (TPSA) is 12.9 Å². The molecule has 1 aromatic heterocycles. The lowest BCUT2D eigenvalue weighted by Crippen LogP contribution is -1.92. The largest absolute Gasteiger partial charge is 0.248 e. The first-order chi connectivity index (χ1) is 11.4. The summed E-state index contributed by atoms with van der Waals surface area (Å²) >= 11 is 37.3. The zero-order chi connectivity index (χ0) is 17.4. The second-order valence-corrected chi connectivity index (χ2v) is 7.23. The van der Waals surface area contributed by atoms with E-state index in [0.717, 1.165) is 0 Å². The minimum absolute atomic E-state index is 0.331. The third-order valence-electron chi connectivity index (χ3n) is 3.35. The third kappa shape index (κ3) is 3.35. The van der Waals surface area contributed by atoms with Crippen molar-refractivity contribution in [2.75, 3.05) is 0 Å².